The normalized spacial score (nSPS) is 17.7. The molecule has 0 radical (unpaired) electrons. The fraction of sp³-hybridized carbons (Fsp3) is 0.200. The van der Waals surface area contributed by atoms with Crippen molar-refractivity contribution in [1.29, 1.82) is 0 Å². The Hall–Kier alpha value is -2.11. The van der Waals surface area contributed by atoms with E-state index >= 15 is 0 Å². The van der Waals surface area contributed by atoms with Crippen molar-refractivity contribution < 1.29 is 0 Å². The van der Waals surface area contributed by atoms with Crippen LogP contribution in [-0.2, 0) is 6.54 Å². The van der Waals surface area contributed by atoms with Gasteiger partial charge in [-0.05, 0) is 29.3 Å². The number of anilines is 1. The van der Waals surface area contributed by atoms with Crippen LogP contribution in [-0.4, -0.2) is 21.5 Å². The second kappa shape index (κ2) is 5.02. The molecule has 106 valence electrons. The first-order valence-corrected chi connectivity index (χ1v) is 7.23. The molecule has 0 saturated heterocycles. The van der Waals surface area contributed by atoms with Gasteiger partial charge < -0.3 is 15.6 Å². The van der Waals surface area contributed by atoms with Gasteiger partial charge >= 0.3 is 0 Å². The van der Waals surface area contributed by atoms with E-state index in [1.165, 1.54) is 11.1 Å². The predicted octanol–water partition coefficient (Wildman–Crippen LogP) is 2.87. The summed E-state index contributed by atoms with van der Waals surface area (Å²) in [6, 6.07) is 8.19. The summed E-state index contributed by atoms with van der Waals surface area (Å²) in [6.45, 7) is 1.70. The quantitative estimate of drug-likeness (QED) is 0.681. The third-order valence-electron chi connectivity index (χ3n) is 3.81. The highest BCUT2D eigenvalue weighted by atomic mass is 35.5. The average molecular weight is 300 g/mol. The summed E-state index contributed by atoms with van der Waals surface area (Å²) in [5.41, 5.74) is 3.33. The first-order valence-electron chi connectivity index (χ1n) is 6.85. The number of nitrogens with one attached hydrogen (secondary N) is 3. The van der Waals surface area contributed by atoms with E-state index in [-0.39, 0.29) is 6.04 Å². The summed E-state index contributed by atoms with van der Waals surface area (Å²) in [5.74, 6) is 0.843. The summed E-state index contributed by atoms with van der Waals surface area (Å²) in [7, 11) is 0. The molecule has 6 heteroatoms. The Bertz CT molecular complexity index is 798. The largest absolute Gasteiger partial charge is 0.361 e. The number of aromatic amines is 1. The van der Waals surface area contributed by atoms with E-state index in [4.69, 9.17) is 11.6 Å². The SMILES string of the molecule is Clc1ccc2c(c1)CNCC2Nc1ncnc2[nH]ccc12. The molecule has 0 spiro atoms. The van der Waals surface area contributed by atoms with E-state index in [1.807, 2.05) is 24.4 Å². The molecule has 0 fully saturated rings. The maximum Gasteiger partial charge on any atom is 0.142 e. The van der Waals surface area contributed by atoms with Gasteiger partial charge in [0.05, 0.1) is 11.4 Å². The van der Waals surface area contributed by atoms with Crippen molar-refractivity contribution in [3.05, 3.63) is 52.9 Å². The van der Waals surface area contributed by atoms with Gasteiger partial charge in [0.2, 0.25) is 0 Å². The Balaban J connectivity index is 1.71. The Morgan fingerprint density at radius 1 is 1.24 bits per heavy atom. The van der Waals surface area contributed by atoms with Crippen LogP contribution < -0.4 is 10.6 Å². The van der Waals surface area contributed by atoms with Gasteiger partial charge in [-0.3, -0.25) is 0 Å². The third-order valence-corrected chi connectivity index (χ3v) is 4.04. The third kappa shape index (κ3) is 2.24. The molecule has 0 bridgehead atoms. The standard InChI is InChI=1S/C15H14ClN5/c16-10-1-2-11-9(5-10)6-17-7-13(11)21-15-12-3-4-18-14(12)19-8-20-15/h1-5,8,13,17H,6-7H2,(H2,18,19,20,21). The summed E-state index contributed by atoms with van der Waals surface area (Å²) in [5, 5.41) is 8.69. The lowest BCUT2D eigenvalue weighted by Gasteiger charge is -2.28. The van der Waals surface area contributed by atoms with Crippen molar-refractivity contribution in [3.8, 4) is 0 Å². The average Bonchev–Trinajstić information content (AvgIpc) is 2.97. The molecule has 1 aliphatic heterocycles. The summed E-state index contributed by atoms with van der Waals surface area (Å²) in [4.78, 5) is 11.7. The van der Waals surface area contributed by atoms with Crippen LogP contribution in [0.2, 0.25) is 5.02 Å². The van der Waals surface area contributed by atoms with E-state index in [1.54, 1.807) is 6.33 Å². The number of hydrogen-bond donors (Lipinski definition) is 3. The van der Waals surface area contributed by atoms with Crippen molar-refractivity contribution in [2.45, 2.75) is 12.6 Å². The zero-order valence-corrected chi connectivity index (χ0v) is 12.0. The van der Waals surface area contributed by atoms with Crippen LogP contribution in [0, 0.1) is 0 Å². The van der Waals surface area contributed by atoms with Crippen molar-refractivity contribution in [3.63, 3.8) is 0 Å². The lowest BCUT2D eigenvalue weighted by molar-refractivity contribution is 0.578. The molecule has 4 rings (SSSR count). The number of benzene rings is 1. The molecule has 3 aromatic rings. The number of rotatable bonds is 2. The second-order valence-corrected chi connectivity index (χ2v) is 5.57. The minimum atomic E-state index is 0.166. The number of fused-ring (bicyclic) bond motifs is 2. The summed E-state index contributed by atoms with van der Waals surface area (Å²) < 4.78 is 0. The molecule has 2 aromatic heterocycles. The summed E-state index contributed by atoms with van der Waals surface area (Å²) in [6.07, 6.45) is 3.44. The molecule has 0 amide bonds. The van der Waals surface area contributed by atoms with Crippen LogP contribution in [0.25, 0.3) is 11.0 Å². The number of halogens is 1. The van der Waals surface area contributed by atoms with E-state index in [0.29, 0.717) is 0 Å². The molecule has 3 N–H and O–H groups in total. The first-order chi connectivity index (χ1) is 10.3. The predicted molar refractivity (Wildman–Crippen MR) is 83.4 cm³/mol. The topological polar surface area (TPSA) is 65.6 Å². The number of hydrogen-bond acceptors (Lipinski definition) is 4. The van der Waals surface area contributed by atoms with Gasteiger partial charge in [0.1, 0.15) is 17.8 Å². The molecular weight excluding hydrogens is 286 g/mol. The van der Waals surface area contributed by atoms with E-state index in [0.717, 1.165) is 35.0 Å². The van der Waals surface area contributed by atoms with Crippen molar-refractivity contribution in [1.82, 2.24) is 20.3 Å². The molecular formula is C15H14ClN5. The van der Waals surface area contributed by atoms with E-state index in [9.17, 15) is 0 Å². The molecule has 0 aliphatic carbocycles. The monoisotopic (exact) mass is 299 g/mol. The zero-order valence-electron chi connectivity index (χ0n) is 11.2. The molecule has 3 heterocycles. The van der Waals surface area contributed by atoms with Gasteiger partial charge in [-0.15, -0.1) is 0 Å². The molecule has 1 aliphatic rings. The first kappa shape index (κ1) is 12.6. The van der Waals surface area contributed by atoms with Crippen LogP contribution >= 0.6 is 11.6 Å². The fourth-order valence-electron chi connectivity index (χ4n) is 2.81. The summed E-state index contributed by atoms with van der Waals surface area (Å²) >= 11 is 6.08. The highest BCUT2D eigenvalue weighted by Gasteiger charge is 2.21. The Kier molecular flexibility index (Phi) is 3.02. The highest BCUT2D eigenvalue weighted by Crippen LogP contribution is 2.29. The van der Waals surface area contributed by atoms with Crippen LogP contribution in [0.3, 0.4) is 0 Å². The van der Waals surface area contributed by atoms with Crippen LogP contribution in [0.4, 0.5) is 5.82 Å². The van der Waals surface area contributed by atoms with E-state index < -0.39 is 0 Å². The minimum Gasteiger partial charge on any atom is -0.361 e. The molecule has 1 atom stereocenters. The second-order valence-electron chi connectivity index (χ2n) is 5.13. The maximum absolute atomic E-state index is 6.08. The molecule has 1 aromatic carbocycles. The smallest absolute Gasteiger partial charge is 0.142 e. The number of nitrogens with zero attached hydrogens (tertiary/aromatic N) is 2. The lowest BCUT2D eigenvalue weighted by atomic mass is 9.96. The molecule has 21 heavy (non-hydrogen) atoms. The van der Waals surface area contributed by atoms with Gasteiger partial charge in [0.25, 0.3) is 0 Å². The van der Waals surface area contributed by atoms with Gasteiger partial charge in [0, 0.05) is 24.3 Å². The number of H-pyrrole nitrogens is 1. The zero-order chi connectivity index (χ0) is 14.2. The Labute approximate surface area is 126 Å². The fourth-order valence-corrected chi connectivity index (χ4v) is 3.00. The molecule has 0 saturated carbocycles. The highest BCUT2D eigenvalue weighted by molar-refractivity contribution is 6.30. The van der Waals surface area contributed by atoms with Gasteiger partial charge in [-0.1, -0.05) is 17.7 Å². The Morgan fingerprint density at radius 2 is 2.19 bits per heavy atom. The van der Waals surface area contributed by atoms with Crippen molar-refractivity contribution >= 4 is 28.5 Å². The maximum atomic E-state index is 6.08. The van der Waals surface area contributed by atoms with Gasteiger partial charge in [-0.25, -0.2) is 9.97 Å². The van der Waals surface area contributed by atoms with Crippen LogP contribution in [0.1, 0.15) is 17.2 Å². The Morgan fingerprint density at radius 3 is 3.14 bits per heavy atom. The molecule has 5 nitrogen and oxygen atoms in total. The van der Waals surface area contributed by atoms with Crippen molar-refractivity contribution in [2.75, 3.05) is 11.9 Å². The van der Waals surface area contributed by atoms with Gasteiger partial charge in [-0.2, -0.15) is 0 Å². The van der Waals surface area contributed by atoms with E-state index in [2.05, 4.69) is 31.7 Å². The number of aromatic nitrogens is 3. The van der Waals surface area contributed by atoms with Crippen LogP contribution in [0.15, 0.2) is 36.8 Å². The lowest BCUT2D eigenvalue weighted by Crippen LogP contribution is -2.32. The molecule has 1 unspecified atom stereocenters. The van der Waals surface area contributed by atoms with Gasteiger partial charge in [0.15, 0.2) is 0 Å². The minimum absolute atomic E-state index is 0.166. The van der Waals surface area contributed by atoms with Crippen LogP contribution in [0.5, 0.6) is 0 Å². The van der Waals surface area contributed by atoms with Crippen molar-refractivity contribution in [2.24, 2.45) is 0 Å².